The Morgan fingerprint density at radius 2 is 1.94 bits per heavy atom. The SMILES string of the molecule is CC(=O)OCc1cc(F)cc(OC(F)(F)F)c1. The van der Waals surface area contributed by atoms with E-state index in [1.54, 1.807) is 0 Å². The molecule has 1 rings (SSSR count). The lowest BCUT2D eigenvalue weighted by Gasteiger charge is -2.10. The van der Waals surface area contributed by atoms with E-state index in [1.165, 1.54) is 0 Å². The first-order valence-corrected chi connectivity index (χ1v) is 4.45. The first kappa shape index (κ1) is 13.3. The number of ether oxygens (including phenoxy) is 2. The van der Waals surface area contributed by atoms with E-state index < -0.39 is 23.9 Å². The molecule has 0 radical (unpaired) electrons. The number of hydrogen-bond donors (Lipinski definition) is 0. The van der Waals surface area contributed by atoms with Crippen LogP contribution in [-0.2, 0) is 16.1 Å². The summed E-state index contributed by atoms with van der Waals surface area (Å²) in [4.78, 5) is 10.5. The van der Waals surface area contributed by atoms with Gasteiger partial charge in [-0.15, -0.1) is 13.2 Å². The van der Waals surface area contributed by atoms with Crippen molar-refractivity contribution in [1.29, 1.82) is 0 Å². The summed E-state index contributed by atoms with van der Waals surface area (Å²) in [5.41, 5.74) is 0.0689. The Morgan fingerprint density at radius 3 is 2.47 bits per heavy atom. The normalized spacial score (nSPS) is 11.1. The van der Waals surface area contributed by atoms with Crippen molar-refractivity contribution in [3.8, 4) is 5.75 Å². The Bertz CT molecular complexity index is 415. The summed E-state index contributed by atoms with van der Waals surface area (Å²) in [7, 11) is 0. The van der Waals surface area contributed by atoms with Crippen LogP contribution in [0.25, 0.3) is 0 Å². The second-order valence-corrected chi connectivity index (χ2v) is 3.12. The summed E-state index contributed by atoms with van der Waals surface area (Å²) >= 11 is 0. The highest BCUT2D eigenvalue weighted by Gasteiger charge is 2.31. The van der Waals surface area contributed by atoms with Gasteiger partial charge in [-0.1, -0.05) is 0 Å². The van der Waals surface area contributed by atoms with Gasteiger partial charge in [0, 0.05) is 13.0 Å². The van der Waals surface area contributed by atoms with Gasteiger partial charge in [-0.05, 0) is 17.7 Å². The Labute approximate surface area is 93.9 Å². The third kappa shape index (κ3) is 5.19. The topological polar surface area (TPSA) is 35.5 Å². The number of halogens is 4. The molecule has 1 aromatic rings. The number of benzene rings is 1. The number of alkyl halides is 3. The highest BCUT2D eigenvalue weighted by Crippen LogP contribution is 2.24. The van der Waals surface area contributed by atoms with Crippen LogP contribution in [0.4, 0.5) is 17.6 Å². The molecule has 0 aromatic heterocycles. The summed E-state index contributed by atoms with van der Waals surface area (Å²) < 4.78 is 56.7. The highest BCUT2D eigenvalue weighted by atomic mass is 19.4. The lowest BCUT2D eigenvalue weighted by Crippen LogP contribution is -2.17. The molecule has 0 aliphatic rings. The van der Waals surface area contributed by atoms with Crippen molar-refractivity contribution < 1.29 is 31.8 Å². The zero-order chi connectivity index (χ0) is 13.1. The van der Waals surface area contributed by atoms with Crippen molar-refractivity contribution in [2.24, 2.45) is 0 Å². The minimum Gasteiger partial charge on any atom is -0.461 e. The summed E-state index contributed by atoms with van der Waals surface area (Å²) in [6.45, 7) is 0.813. The quantitative estimate of drug-likeness (QED) is 0.613. The minimum absolute atomic E-state index is 0.0689. The predicted molar refractivity (Wildman–Crippen MR) is 48.6 cm³/mol. The fraction of sp³-hybridized carbons (Fsp3) is 0.300. The first-order chi connectivity index (χ1) is 7.76. The Morgan fingerprint density at radius 1 is 1.29 bits per heavy atom. The molecule has 1 aromatic carbocycles. The third-order valence-corrected chi connectivity index (χ3v) is 1.61. The summed E-state index contributed by atoms with van der Waals surface area (Å²) in [6, 6.07) is 2.48. The van der Waals surface area contributed by atoms with Gasteiger partial charge in [-0.25, -0.2) is 4.39 Å². The van der Waals surface area contributed by atoms with Gasteiger partial charge >= 0.3 is 12.3 Å². The number of carbonyl (C=O) groups is 1. The molecule has 0 fully saturated rings. The fourth-order valence-electron chi connectivity index (χ4n) is 1.08. The van der Waals surface area contributed by atoms with Gasteiger partial charge in [0.2, 0.25) is 0 Å². The highest BCUT2D eigenvalue weighted by molar-refractivity contribution is 5.65. The summed E-state index contributed by atoms with van der Waals surface area (Å²) in [5, 5.41) is 0. The van der Waals surface area contributed by atoms with Gasteiger partial charge in [-0.2, -0.15) is 0 Å². The predicted octanol–water partition coefficient (Wildman–Crippen LogP) is 2.79. The first-order valence-electron chi connectivity index (χ1n) is 4.45. The molecular weight excluding hydrogens is 244 g/mol. The molecule has 0 atom stereocenters. The lowest BCUT2D eigenvalue weighted by molar-refractivity contribution is -0.274. The van der Waals surface area contributed by atoms with Crippen molar-refractivity contribution in [3.63, 3.8) is 0 Å². The molecule has 0 aliphatic heterocycles. The van der Waals surface area contributed by atoms with Crippen molar-refractivity contribution in [3.05, 3.63) is 29.6 Å². The molecule has 0 N–H and O–H groups in total. The zero-order valence-corrected chi connectivity index (χ0v) is 8.68. The summed E-state index contributed by atoms with van der Waals surface area (Å²) in [5.74, 6) is -2.22. The third-order valence-electron chi connectivity index (χ3n) is 1.61. The van der Waals surface area contributed by atoms with E-state index in [-0.39, 0.29) is 12.2 Å². The second kappa shape index (κ2) is 5.03. The number of hydrogen-bond acceptors (Lipinski definition) is 3. The van der Waals surface area contributed by atoms with Gasteiger partial charge in [0.05, 0.1) is 0 Å². The van der Waals surface area contributed by atoms with E-state index in [0.717, 1.165) is 19.1 Å². The van der Waals surface area contributed by atoms with Gasteiger partial charge in [0.15, 0.2) is 0 Å². The van der Waals surface area contributed by atoms with E-state index >= 15 is 0 Å². The molecule has 0 amide bonds. The van der Waals surface area contributed by atoms with Crippen LogP contribution in [0.5, 0.6) is 5.75 Å². The van der Waals surface area contributed by atoms with Gasteiger partial charge in [0.25, 0.3) is 0 Å². The molecule has 3 nitrogen and oxygen atoms in total. The molecule has 0 saturated heterocycles. The number of rotatable bonds is 3. The average Bonchev–Trinajstić information content (AvgIpc) is 2.10. The van der Waals surface area contributed by atoms with Crippen LogP contribution in [0, 0.1) is 5.82 Å². The van der Waals surface area contributed by atoms with Crippen LogP contribution < -0.4 is 4.74 Å². The lowest BCUT2D eigenvalue weighted by atomic mass is 10.2. The molecule has 0 saturated carbocycles. The summed E-state index contributed by atoms with van der Waals surface area (Å²) in [6.07, 6.45) is -4.90. The van der Waals surface area contributed by atoms with Crippen LogP contribution in [0.15, 0.2) is 18.2 Å². The maximum atomic E-state index is 12.9. The Kier molecular flexibility index (Phi) is 3.93. The van der Waals surface area contributed by atoms with Crippen molar-refractivity contribution >= 4 is 5.97 Å². The smallest absolute Gasteiger partial charge is 0.461 e. The van der Waals surface area contributed by atoms with Crippen molar-refractivity contribution in [2.45, 2.75) is 19.9 Å². The van der Waals surface area contributed by atoms with Gasteiger partial charge in [0.1, 0.15) is 18.2 Å². The monoisotopic (exact) mass is 252 g/mol. The van der Waals surface area contributed by atoms with Crippen molar-refractivity contribution in [2.75, 3.05) is 0 Å². The van der Waals surface area contributed by atoms with E-state index in [4.69, 9.17) is 0 Å². The maximum Gasteiger partial charge on any atom is 0.573 e. The molecule has 0 unspecified atom stereocenters. The number of carbonyl (C=O) groups excluding carboxylic acids is 1. The van der Waals surface area contributed by atoms with Crippen LogP contribution in [0.1, 0.15) is 12.5 Å². The van der Waals surface area contributed by atoms with E-state index in [1.807, 2.05) is 0 Å². The zero-order valence-electron chi connectivity index (χ0n) is 8.68. The average molecular weight is 252 g/mol. The fourth-order valence-corrected chi connectivity index (χ4v) is 1.08. The van der Waals surface area contributed by atoms with Crippen LogP contribution in [0.3, 0.4) is 0 Å². The molecule has 0 aliphatic carbocycles. The Hall–Kier alpha value is -1.79. The minimum atomic E-state index is -4.90. The van der Waals surface area contributed by atoms with Crippen LogP contribution in [-0.4, -0.2) is 12.3 Å². The largest absolute Gasteiger partial charge is 0.573 e. The van der Waals surface area contributed by atoms with E-state index in [0.29, 0.717) is 6.07 Å². The van der Waals surface area contributed by atoms with E-state index in [9.17, 15) is 22.4 Å². The molecule has 0 heterocycles. The van der Waals surface area contributed by atoms with E-state index in [2.05, 4.69) is 9.47 Å². The van der Waals surface area contributed by atoms with Gasteiger partial charge in [-0.3, -0.25) is 4.79 Å². The molecule has 0 spiro atoms. The van der Waals surface area contributed by atoms with Crippen molar-refractivity contribution in [1.82, 2.24) is 0 Å². The molecule has 94 valence electrons. The maximum absolute atomic E-state index is 12.9. The Balaban J connectivity index is 2.83. The van der Waals surface area contributed by atoms with Gasteiger partial charge < -0.3 is 9.47 Å². The molecule has 0 bridgehead atoms. The standard InChI is InChI=1S/C10H8F4O3/c1-6(15)16-5-7-2-8(11)4-9(3-7)17-10(12,13)14/h2-4H,5H2,1H3. The second-order valence-electron chi connectivity index (χ2n) is 3.12. The number of esters is 1. The molecule has 7 heteroatoms. The molecular formula is C10H8F4O3. The molecule has 17 heavy (non-hydrogen) atoms. The van der Waals surface area contributed by atoms with Crippen LogP contribution >= 0.6 is 0 Å². The van der Waals surface area contributed by atoms with Crippen LogP contribution in [0.2, 0.25) is 0 Å².